The van der Waals surface area contributed by atoms with Crippen molar-refractivity contribution in [3.05, 3.63) is 94.9 Å². The summed E-state index contributed by atoms with van der Waals surface area (Å²) in [5, 5.41) is 0. The Morgan fingerprint density at radius 1 is 0.897 bits per heavy atom. The summed E-state index contributed by atoms with van der Waals surface area (Å²) in [6.07, 6.45) is 0. The molecule has 1 amide bonds. The third-order valence-electron chi connectivity index (χ3n) is 4.37. The van der Waals surface area contributed by atoms with Gasteiger partial charge in [-0.15, -0.1) is 0 Å². The summed E-state index contributed by atoms with van der Waals surface area (Å²) in [6, 6.07) is 18.7. The van der Waals surface area contributed by atoms with Crippen LogP contribution in [0, 0.1) is 6.92 Å². The van der Waals surface area contributed by atoms with Crippen LogP contribution in [0.15, 0.2) is 71.1 Å². The molecule has 0 saturated heterocycles. The number of ketones is 1. The molecule has 0 fully saturated rings. The van der Waals surface area contributed by atoms with E-state index in [2.05, 4.69) is 0 Å². The fraction of sp³-hybridized carbons (Fsp3) is 0.174. The minimum absolute atomic E-state index is 0.124. The first-order chi connectivity index (χ1) is 14.0. The maximum atomic E-state index is 12.7. The lowest BCUT2D eigenvalue weighted by Gasteiger charge is -2.16. The van der Waals surface area contributed by atoms with E-state index in [1.54, 1.807) is 55.6 Å². The van der Waals surface area contributed by atoms with Gasteiger partial charge in [0, 0.05) is 18.2 Å². The lowest BCUT2D eigenvalue weighted by atomic mass is 9.98. The van der Waals surface area contributed by atoms with Crippen molar-refractivity contribution in [2.24, 2.45) is 0 Å². The largest absolute Gasteiger partial charge is 0.464 e. The SMILES string of the molecule is Cc1ccc(CN(C)C(=O)COC(=O)c2ccccc2C(=O)c2ccccc2)o1. The number of rotatable bonds is 7. The Morgan fingerprint density at radius 3 is 2.21 bits per heavy atom. The number of nitrogens with zero attached hydrogens (tertiary/aromatic N) is 1. The molecule has 0 N–H and O–H groups in total. The highest BCUT2D eigenvalue weighted by Gasteiger charge is 2.20. The number of benzene rings is 2. The first-order valence-electron chi connectivity index (χ1n) is 9.11. The van der Waals surface area contributed by atoms with Crippen molar-refractivity contribution < 1.29 is 23.5 Å². The molecule has 0 bridgehead atoms. The van der Waals surface area contributed by atoms with E-state index < -0.39 is 12.6 Å². The first-order valence-corrected chi connectivity index (χ1v) is 9.11. The summed E-state index contributed by atoms with van der Waals surface area (Å²) in [6.45, 7) is 1.66. The van der Waals surface area contributed by atoms with Gasteiger partial charge >= 0.3 is 5.97 Å². The van der Waals surface area contributed by atoms with Crippen LogP contribution < -0.4 is 0 Å². The van der Waals surface area contributed by atoms with E-state index in [1.165, 1.54) is 11.0 Å². The van der Waals surface area contributed by atoms with Crippen LogP contribution in [-0.2, 0) is 16.1 Å². The van der Waals surface area contributed by atoms with Crippen LogP contribution in [0.25, 0.3) is 0 Å². The first kappa shape index (κ1) is 20.1. The van der Waals surface area contributed by atoms with Crippen LogP contribution in [0.3, 0.4) is 0 Å². The Bertz CT molecular complexity index is 1020. The second-order valence-electron chi connectivity index (χ2n) is 6.58. The molecule has 6 nitrogen and oxygen atoms in total. The Hall–Kier alpha value is -3.67. The zero-order valence-electron chi connectivity index (χ0n) is 16.3. The summed E-state index contributed by atoms with van der Waals surface area (Å²) >= 11 is 0. The highest BCUT2D eigenvalue weighted by molar-refractivity contribution is 6.14. The number of ether oxygens (including phenoxy) is 1. The summed E-state index contributed by atoms with van der Waals surface area (Å²) in [4.78, 5) is 38.9. The fourth-order valence-corrected chi connectivity index (χ4v) is 2.81. The topological polar surface area (TPSA) is 76.8 Å². The fourth-order valence-electron chi connectivity index (χ4n) is 2.81. The van der Waals surface area contributed by atoms with Gasteiger partial charge in [-0.1, -0.05) is 48.5 Å². The van der Waals surface area contributed by atoms with Gasteiger partial charge in [-0.25, -0.2) is 4.79 Å². The molecule has 0 atom stereocenters. The van der Waals surface area contributed by atoms with Gasteiger partial charge in [0.05, 0.1) is 12.1 Å². The molecule has 3 rings (SSSR count). The van der Waals surface area contributed by atoms with Crippen molar-refractivity contribution in [3.63, 3.8) is 0 Å². The van der Waals surface area contributed by atoms with Crippen LogP contribution in [0.2, 0.25) is 0 Å². The Balaban J connectivity index is 1.65. The van der Waals surface area contributed by atoms with E-state index in [-0.39, 0.29) is 29.4 Å². The third-order valence-corrected chi connectivity index (χ3v) is 4.37. The number of aryl methyl sites for hydroxylation is 1. The molecule has 0 aliphatic carbocycles. The van der Waals surface area contributed by atoms with Gasteiger partial charge in [0.25, 0.3) is 5.91 Å². The predicted octanol–water partition coefficient (Wildman–Crippen LogP) is 3.63. The molecule has 3 aromatic rings. The number of hydrogen-bond acceptors (Lipinski definition) is 5. The number of amides is 1. The van der Waals surface area contributed by atoms with Gasteiger partial charge in [-0.05, 0) is 25.1 Å². The van der Waals surface area contributed by atoms with Crippen LogP contribution in [0.1, 0.15) is 37.8 Å². The van der Waals surface area contributed by atoms with E-state index in [1.807, 2.05) is 19.1 Å². The molecule has 2 aromatic carbocycles. The zero-order chi connectivity index (χ0) is 20.8. The van der Waals surface area contributed by atoms with E-state index in [9.17, 15) is 14.4 Å². The van der Waals surface area contributed by atoms with Crippen molar-refractivity contribution in [1.82, 2.24) is 4.90 Å². The molecular formula is C23H21NO5. The minimum atomic E-state index is -0.722. The molecule has 29 heavy (non-hydrogen) atoms. The van der Waals surface area contributed by atoms with Crippen LogP contribution >= 0.6 is 0 Å². The highest BCUT2D eigenvalue weighted by atomic mass is 16.5. The van der Waals surface area contributed by atoms with Gasteiger partial charge in [0.15, 0.2) is 12.4 Å². The number of carbonyl (C=O) groups is 3. The molecular weight excluding hydrogens is 370 g/mol. The van der Waals surface area contributed by atoms with Gasteiger partial charge in [-0.3, -0.25) is 9.59 Å². The van der Waals surface area contributed by atoms with Crippen LogP contribution in [0.5, 0.6) is 0 Å². The van der Waals surface area contributed by atoms with Crippen molar-refractivity contribution in [3.8, 4) is 0 Å². The van der Waals surface area contributed by atoms with Gasteiger partial charge in [0.2, 0.25) is 0 Å². The second-order valence-corrected chi connectivity index (χ2v) is 6.58. The Morgan fingerprint density at radius 2 is 1.55 bits per heavy atom. The van der Waals surface area contributed by atoms with Gasteiger partial charge in [0.1, 0.15) is 11.5 Å². The summed E-state index contributed by atoms with van der Waals surface area (Å²) in [5.74, 6) is 0.0185. The predicted molar refractivity (Wildman–Crippen MR) is 107 cm³/mol. The normalized spacial score (nSPS) is 10.4. The average molecular weight is 391 g/mol. The Labute approximate surface area is 168 Å². The lowest BCUT2D eigenvalue weighted by Crippen LogP contribution is -2.31. The quantitative estimate of drug-likeness (QED) is 0.454. The molecule has 0 unspecified atom stereocenters. The molecule has 0 aliphatic heterocycles. The molecule has 0 aliphatic rings. The van der Waals surface area contributed by atoms with E-state index >= 15 is 0 Å². The molecule has 0 saturated carbocycles. The van der Waals surface area contributed by atoms with E-state index in [0.717, 1.165) is 5.76 Å². The monoisotopic (exact) mass is 391 g/mol. The maximum Gasteiger partial charge on any atom is 0.339 e. The Kier molecular flexibility index (Phi) is 6.24. The van der Waals surface area contributed by atoms with Crippen LogP contribution in [-0.4, -0.2) is 36.2 Å². The highest BCUT2D eigenvalue weighted by Crippen LogP contribution is 2.16. The van der Waals surface area contributed by atoms with Gasteiger partial charge < -0.3 is 14.1 Å². The number of hydrogen-bond donors (Lipinski definition) is 0. The number of esters is 1. The summed E-state index contributed by atoms with van der Waals surface area (Å²) < 4.78 is 10.6. The number of likely N-dealkylation sites (N-methyl/N-ethyl adjacent to an activating group) is 1. The van der Waals surface area contributed by atoms with Crippen molar-refractivity contribution in [2.45, 2.75) is 13.5 Å². The smallest absolute Gasteiger partial charge is 0.339 e. The summed E-state index contributed by atoms with van der Waals surface area (Å²) in [7, 11) is 1.60. The summed E-state index contributed by atoms with van der Waals surface area (Å²) in [5.41, 5.74) is 0.825. The molecule has 6 heteroatoms. The standard InChI is InChI=1S/C23H21NO5/c1-16-12-13-18(29-16)14-24(2)21(25)15-28-23(27)20-11-7-6-10-19(20)22(26)17-8-4-3-5-9-17/h3-13H,14-15H2,1-2H3. The zero-order valence-corrected chi connectivity index (χ0v) is 16.3. The third kappa shape index (κ3) is 4.99. The minimum Gasteiger partial charge on any atom is -0.464 e. The maximum absolute atomic E-state index is 12.7. The molecule has 0 radical (unpaired) electrons. The lowest BCUT2D eigenvalue weighted by molar-refractivity contribution is -0.134. The van der Waals surface area contributed by atoms with Crippen LogP contribution in [0.4, 0.5) is 0 Å². The van der Waals surface area contributed by atoms with Crippen molar-refractivity contribution in [1.29, 1.82) is 0 Å². The van der Waals surface area contributed by atoms with Crippen molar-refractivity contribution >= 4 is 17.7 Å². The molecule has 148 valence electrons. The average Bonchev–Trinajstić information content (AvgIpc) is 3.16. The van der Waals surface area contributed by atoms with E-state index in [4.69, 9.17) is 9.15 Å². The second kappa shape index (κ2) is 9.01. The van der Waals surface area contributed by atoms with Crippen molar-refractivity contribution in [2.75, 3.05) is 13.7 Å². The van der Waals surface area contributed by atoms with E-state index in [0.29, 0.717) is 11.3 Å². The van der Waals surface area contributed by atoms with Gasteiger partial charge in [-0.2, -0.15) is 0 Å². The number of carbonyl (C=O) groups excluding carboxylic acids is 3. The number of furan rings is 1. The molecule has 1 aromatic heterocycles. The molecule has 1 heterocycles. The molecule has 0 spiro atoms.